The van der Waals surface area contributed by atoms with E-state index in [4.69, 9.17) is 9.47 Å². The molecule has 1 N–H and O–H groups in total. The van der Waals surface area contributed by atoms with Crippen molar-refractivity contribution in [1.82, 2.24) is 0 Å². The van der Waals surface area contributed by atoms with Gasteiger partial charge in [0.2, 0.25) is 0 Å². The first-order valence-corrected chi connectivity index (χ1v) is 5.05. The summed E-state index contributed by atoms with van der Waals surface area (Å²) in [6, 6.07) is 9.44. The molecule has 0 radical (unpaired) electrons. The van der Waals surface area contributed by atoms with Crippen LogP contribution < -0.4 is 9.47 Å². The molecule has 0 saturated carbocycles. The van der Waals surface area contributed by atoms with Crippen LogP contribution in [0.25, 0.3) is 10.8 Å². The van der Waals surface area contributed by atoms with Gasteiger partial charge in [0.1, 0.15) is 11.5 Å². The van der Waals surface area contributed by atoms with Crippen molar-refractivity contribution >= 4 is 10.8 Å². The molecule has 0 atom stereocenters. The monoisotopic (exact) mass is 218 g/mol. The van der Waals surface area contributed by atoms with E-state index in [0.717, 1.165) is 27.8 Å². The van der Waals surface area contributed by atoms with E-state index in [1.807, 2.05) is 30.3 Å². The van der Waals surface area contributed by atoms with Crippen LogP contribution in [0.2, 0.25) is 0 Å². The minimum Gasteiger partial charge on any atom is -0.496 e. The van der Waals surface area contributed by atoms with Gasteiger partial charge in [0.15, 0.2) is 0 Å². The number of benzene rings is 2. The van der Waals surface area contributed by atoms with E-state index >= 15 is 0 Å². The molecule has 0 aliphatic heterocycles. The second-order valence-electron chi connectivity index (χ2n) is 3.47. The zero-order chi connectivity index (χ0) is 11.5. The Labute approximate surface area is 94.2 Å². The van der Waals surface area contributed by atoms with Gasteiger partial charge in [-0.05, 0) is 23.1 Å². The Morgan fingerprint density at radius 1 is 1.00 bits per heavy atom. The normalized spacial score (nSPS) is 10.4. The minimum atomic E-state index is 0.00760. The molecule has 2 aromatic rings. The Bertz CT molecular complexity index is 495. The van der Waals surface area contributed by atoms with Gasteiger partial charge in [0.25, 0.3) is 0 Å². The minimum absolute atomic E-state index is 0.00760. The topological polar surface area (TPSA) is 38.7 Å². The Morgan fingerprint density at radius 3 is 2.31 bits per heavy atom. The number of aliphatic hydroxyl groups excluding tert-OH is 1. The summed E-state index contributed by atoms with van der Waals surface area (Å²) in [7, 11) is 3.25. The summed E-state index contributed by atoms with van der Waals surface area (Å²) in [5, 5.41) is 11.1. The molecule has 84 valence electrons. The van der Waals surface area contributed by atoms with E-state index in [1.54, 1.807) is 14.2 Å². The first-order chi connectivity index (χ1) is 7.81. The molecule has 0 unspecified atom stereocenters. The molecule has 2 rings (SSSR count). The molecule has 0 fully saturated rings. The number of hydrogen-bond donors (Lipinski definition) is 1. The molecule has 3 heteroatoms. The van der Waals surface area contributed by atoms with Gasteiger partial charge in [-0.15, -0.1) is 0 Å². The maximum Gasteiger partial charge on any atom is 0.130 e. The Morgan fingerprint density at radius 2 is 1.69 bits per heavy atom. The lowest BCUT2D eigenvalue weighted by Gasteiger charge is -2.12. The van der Waals surface area contributed by atoms with Crippen LogP contribution in [-0.4, -0.2) is 19.3 Å². The lowest BCUT2D eigenvalue weighted by Crippen LogP contribution is -1.93. The predicted molar refractivity (Wildman–Crippen MR) is 63.0 cm³/mol. The zero-order valence-corrected chi connectivity index (χ0v) is 9.36. The van der Waals surface area contributed by atoms with Crippen molar-refractivity contribution in [3.05, 3.63) is 35.9 Å². The number of methoxy groups -OCH3 is 2. The molecule has 0 saturated heterocycles. The highest BCUT2D eigenvalue weighted by atomic mass is 16.5. The van der Waals surface area contributed by atoms with Gasteiger partial charge in [-0.3, -0.25) is 0 Å². The van der Waals surface area contributed by atoms with E-state index in [1.165, 1.54) is 0 Å². The number of hydrogen-bond acceptors (Lipinski definition) is 3. The second kappa shape index (κ2) is 4.41. The lowest BCUT2D eigenvalue weighted by atomic mass is 10.0. The first kappa shape index (κ1) is 10.8. The van der Waals surface area contributed by atoms with Gasteiger partial charge >= 0.3 is 0 Å². The highest BCUT2D eigenvalue weighted by molar-refractivity contribution is 5.96. The molecular weight excluding hydrogens is 204 g/mol. The van der Waals surface area contributed by atoms with Crippen molar-refractivity contribution in [2.75, 3.05) is 14.2 Å². The van der Waals surface area contributed by atoms with Gasteiger partial charge < -0.3 is 14.6 Å². The standard InChI is InChI=1S/C13H14O3/c1-15-11-5-3-4-10-9(8-14)6-7-12(16-2)13(10)11/h3-7,14H,8H2,1-2H3. The summed E-state index contributed by atoms with van der Waals surface area (Å²) >= 11 is 0. The predicted octanol–water partition coefficient (Wildman–Crippen LogP) is 2.35. The van der Waals surface area contributed by atoms with Crippen molar-refractivity contribution in [2.24, 2.45) is 0 Å². The molecule has 0 heterocycles. The average Bonchev–Trinajstić information content (AvgIpc) is 2.36. The van der Waals surface area contributed by atoms with Crippen molar-refractivity contribution in [3.8, 4) is 11.5 Å². The van der Waals surface area contributed by atoms with Crippen molar-refractivity contribution in [1.29, 1.82) is 0 Å². The van der Waals surface area contributed by atoms with Gasteiger partial charge in [-0.2, -0.15) is 0 Å². The number of rotatable bonds is 3. The smallest absolute Gasteiger partial charge is 0.130 e. The van der Waals surface area contributed by atoms with E-state index in [-0.39, 0.29) is 6.61 Å². The Hall–Kier alpha value is -1.74. The quantitative estimate of drug-likeness (QED) is 0.859. The van der Waals surface area contributed by atoms with Crippen LogP contribution in [0.5, 0.6) is 11.5 Å². The van der Waals surface area contributed by atoms with Crippen LogP contribution in [0.3, 0.4) is 0 Å². The van der Waals surface area contributed by atoms with E-state index in [0.29, 0.717) is 0 Å². The van der Waals surface area contributed by atoms with Crippen molar-refractivity contribution < 1.29 is 14.6 Å². The summed E-state index contributed by atoms with van der Waals surface area (Å²) in [6.45, 7) is 0.00760. The average molecular weight is 218 g/mol. The van der Waals surface area contributed by atoms with Crippen molar-refractivity contribution in [3.63, 3.8) is 0 Å². The fourth-order valence-corrected chi connectivity index (χ4v) is 1.88. The van der Waals surface area contributed by atoms with E-state index < -0.39 is 0 Å². The maximum absolute atomic E-state index is 9.28. The van der Waals surface area contributed by atoms with E-state index in [2.05, 4.69) is 0 Å². The number of ether oxygens (including phenoxy) is 2. The van der Waals surface area contributed by atoms with Gasteiger partial charge in [-0.25, -0.2) is 0 Å². The van der Waals surface area contributed by atoms with Gasteiger partial charge in [-0.1, -0.05) is 18.2 Å². The largest absolute Gasteiger partial charge is 0.496 e. The Balaban J connectivity index is 2.84. The summed E-state index contributed by atoms with van der Waals surface area (Å²) in [5.41, 5.74) is 0.870. The molecule has 0 amide bonds. The lowest BCUT2D eigenvalue weighted by molar-refractivity contribution is 0.283. The fourth-order valence-electron chi connectivity index (χ4n) is 1.88. The Kier molecular flexibility index (Phi) is 2.97. The van der Waals surface area contributed by atoms with Crippen LogP contribution in [0.1, 0.15) is 5.56 Å². The van der Waals surface area contributed by atoms with Crippen LogP contribution in [0.15, 0.2) is 30.3 Å². The fraction of sp³-hybridized carbons (Fsp3) is 0.231. The second-order valence-corrected chi connectivity index (χ2v) is 3.47. The SMILES string of the molecule is COc1cccc2c(CO)ccc(OC)c12. The molecule has 3 nitrogen and oxygen atoms in total. The van der Waals surface area contributed by atoms with Crippen LogP contribution >= 0.6 is 0 Å². The first-order valence-electron chi connectivity index (χ1n) is 5.05. The third kappa shape index (κ3) is 1.59. The number of aliphatic hydroxyl groups is 1. The summed E-state index contributed by atoms with van der Waals surface area (Å²) in [5.74, 6) is 1.51. The molecule has 2 aromatic carbocycles. The molecule has 0 aromatic heterocycles. The third-order valence-corrected chi connectivity index (χ3v) is 2.66. The van der Waals surface area contributed by atoms with Gasteiger partial charge in [0.05, 0.1) is 26.2 Å². The molecule has 0 aliphatic carbocycles. The molecule has 0 bridgehead atoms. The van der Waals surface area contributed by atoms with Crippen LogP contribution in [0, 0.1) is 0 Å². The van der Waals surface area contributed by atoms with Crippen LogP contribution in [0.4, 0.5) is 0 Å². The summed E-state index contributed by atoms with van der Waals surface area (Å²) in [6.07, 6.45) is 0. The molecule has 16 heavy (non-hydrogen) atoms. The number of fused-ring (bicyclic) bond motifs is 1. The maximum atomic E-state index is 9.28. The third-order valence-electron chi connectivity index (χ3n) is 2.66. The molecule has 0 spiro atoms. The summed E-state index contributed by atoms with van der Waals surface area (Å²) < 4.78 is 10.6. The van der Waals surface area contributed by atoms with Crippen molar-refractivity contribution in [2.45, 2.75) is 6.61 Å². The van der Waals surface area contributed by atoms with Gasteiger partial charge in [0, 0.05) is 0 Å². The molecular formula is C13H14O3. The van der Waals surface area contributed by atoms with Crippen LogP contribution in [-0.2, 0) is 6.61 Å². The highest BCUT2D eigenvalue weighted by Crippen LogP contribution is 2.35. The zero-order valence-electron chi connectivity index (χ0n) is 9.36. The summed E-state index contributed by atoms with van der Waals surface area (Å²) in [4.78, 5) is 0. The molecule has 0 aliphatic rings. The highest BCUT2D eigenvalue weighted by Gasteiger charge is 2.10. The van der Waals surface area contributed by atoms with E-state index in [9.17, 15) is 5.11 Å².